The molecule has 0 heterocycles. The molecular weight excluding hydrogens is 264 g/mol. The van der Waals surface area contributed by atoms with Gasteiger partial charge in [0.05, 0.1) is 0 Å². The van der Waals surface area contributed by atoms with Gasteiger partial charge < -0.3 is 14.9 Å². The van der Waals surface area contributed by atoms with E-state index in [1.165, 1.54) is 18.1 Å². The van der Waals surface area contributed by atoms with Crippen LogP contribution in [0, 0.1) is 0 Å². The van der Waals surface area contributed by atoms with Gasteiger partial charge in [-0.15, -0.1) is 0 Å². The lowest BCUT2D eigenvalue weighted by Gasteiger charge is -2.26. The summed E-state index contributed by atoms with van der Waals surface area (Å²) in [5.74, 6) is -1.72. The number of ether oxygens (including phenoxy) is 1. The van der Waals surface area contributed by atoms with Gasteiger partial charge in [-0.3, -0.25) is 0 Å². The predicted octanol–water partition coefficient (Wildman–Crippen LogP) is 3.24. The van der Waals surface area contributed by atoms with Crippen molar-refractivity contribution < 1.29 is 14.9 Å². The Morgan fingerprint density at radius 1 is 0.857 bits per heavy atom. The van der Waals surface area contributed by atoms with Gasteiger partial charge in [-0.1, -0.05) is 56.3 Å². The SMILES string of the molecule is CC(O)(O)Oc1ccc(C(C)(C)Cc2ccccc2)cc1. The van der Waals surface area contributed by atoms with Crippen LogP contribution in [-0.2, 0) is 11.8 Å². The molecule has 0 saturated carbocycles. The van der Waals surface area contributed by atoms with Gasteiger partial charge in [0.15, 0.2) is 0 Å². The van der Waals surface area contributed by atoms with E-state index in [4.69, 9.17) is 4.74 Å². The second-order valence-electron chi connectivity index (χ2n) is 6.11. The van der Waals surface area contributed by atoms with Crippen LogP contribution < -0.4 is 4.74 Å². The van der Waals surface area contributed by atoms with Gasteiger partial charge >= 0.3 is 5.97 Å². The summed E-state index contributed by atoms with van der Waals surface area (Å²) in [5, 5.41) is 18.5. The Morgan fingerprint density at radius 2 is 1.43 bits per heavy atom. The summed E-state index contributed by atoms with van der Waals surface area (Å²) in [6.45, 7) is 5.57. The molecule has 21 heavy (non-hydrogen) atoms. The van der Waals surface area contributed by atoms with Crippen LogP contribution in [0.3, 0.4) is 0 Å². The van der Waals surface area contributed by atoms with Crippen LogP contribution in [0.15, 0.2) is 54.6 Å². The number of hydrogen-bond acceptors (Lipinski definition) is 3. The molecule has 112 valence electrons. The Bertz CT molecular complexity index is 566. The fourth-order valence-electron chi connectivity index (χ4n) is 2.41. The minimum Gasteiger partial charge on any atom is -0.439 e. The maximum absolute atomic E-state index is 9.23. The zero-order chi connectivity index (χ0) is 15.5. The van der Waals surface area contributed by atoms with Gasteiger partial charge in [-0.25, -0.2) is 0 Å². The molecule has 0 aliphatic carbocycles. The van der Waals surface area contributed by atoms with E-state index in [9.17, 15) is 10.2 Å². The van der Waals surface area contributed by atoms with Crippen LogP contribution in [0.2, 0.25) is 0 Å². The fourth-order valence-corrected chi connectivity index (χ4v) is 2.41. The number of benzene rings is 2. The molecule has 0 aromatic heterocycles. The number of rotatable bonds is 5. The molecule has 0 atom stereocenters. The Morgan fingerprint density at radius 3 is 1.95 bits per heavy atom. The van der Waals surface area contributed by atoms with Crippen molar-refractivity contribution in [2.24, 2.45) is 0 Å². The van der Waals surface area contributed by atoms with Crippen LogP contribution >= 0.6 is 0 Å². The topological polar surface area (TPSA) is 49.7 Å². The normalized spacial score (nSPS) is 12.2. The third kappa shape index (κ3) is 4.59. The largest absolute Gasteiger partial charge is 0.439 e. The average molecular weight is 286 g/mol. The molecule has 0 radical (unpaired) electrons. The second-order valence-corrected chi connectivity index (χ2v) is 6.11. The van der Waals surface area contributed by atoms with E-state index in [2.05, 4.69) is 26.0 Å². The first-order valence-electron chi connectivity index (χ1n) is 7.04. The zero-order valence-corrected chi connectivity index (χ0v) is 12.7. The van der Waals surface area contributed by atoms with Crippen LogP contribution in [0.1, 0.15) is 31.9 Å². The molecule has 2 rings (SSSR count). The van der Waals surface area contributed by atoms with Gasteiger partial charge in [0.25, 0.3) is 0 Å². The van der Waals surface area contributed by atoms with E-state index >= 15 is 0 Å². The fraction of sp³-hybridized carbons (Fsp3) is 0.333. The monoisotopic (exact) mass is 286 g/mol. The van der Waals surface area contributed by atoms with Crippen LogP contribution in [-0.4, -0.2) is 16.2 Å². The highest BCUT2D eigenvalue weighted by Gasteiger charge is 2.22. The van der Waals surface area contributed by atoms with E-state index < -0.39 is 5.97 Å². The minimum absolute atomic E-state index is 0.0123. The Hall–Kier alpha value is -1.84. The van der Waals surface area contributed by atoms with E-state index in [0.717, 1.165) is 6.42 Å². The van der Waals surface area contributed by atoms with Crippen molar-refractivity contribution in [2.45, 2.75) is 38.6 Å². The summed E-state index contributed by atoms with van der Waals surface area (Å²) in [7, 11) is 0. The van der Waals surface area contributed by atoms with Crippen molar-refractivity contribution in [3.8, 4) is 5.75 Å². The first kappa shape index (κ1) is 15.5. The predicted molar refractivity (Wildman–Crippen MR) is 83.1 cm³/mol. The highest BCUT2D eigenvalue weighted by Crippen LogP contribution is 2.29. The molecule has 2 aromatic carbocycles. The van der Waals surface area contributed by atoms with Crippen LogP contribution in [0.25, 0.3) is 0 Å². The van der Waals surface area contributed by atoms with E-state index in [-0.39, 0.29) is 5.41 Å². The molecule has 0 amide bonds. The van der Waals surface area contributed by atoms with E-state index in [0.29, 0.717) is 5.75 Å². The quantitative estimate of drug-likeness (QED) is 0.830. The molecule has 3 nitrogen and oxygen atoms in total. The van der Waals surface area contributed by atoms with Gasteiger partial charge in [0.1, 0.15) is 5.75 Å². The van der Waals surface area contributed by atoms with Crippen molar-refractivity contribution in [2.75, 3.05) is 0 Å². The number of aliphatic hydroxyl groups is 2. The second kappa shape index (κ2) is 5.88. The zero-order valence-electron chi connectivity index (χ0n) is 12.7. The van der Waals surface area contributed by atoms with Crippen molar-refractivity contribution >= 4 is 0 Å². The lowest BCUT2D eigenvalue weighted by Crippen LogP contribution is -2.30. The van der Waals surface area contributed by atoms with Crippen molar-refractivity contribution in [3.05, 3.63) is 65.7 Å². The Kier molecular flexibility index (Phi) is 4.35. The maximum atomic E-state index is 9.23. The summed E-state index contributed by atoms with van der Waals surface area (Å²) < 4.78 is 5.00. The lowest BCUT2D eigenvalue weighted by molar-refractivity contribution is -0.277. The first-order valence-corrected chi connectivity index (χ1v) is 7.04. The summed E-state index contributed by atoms with van der Waals surface area (Å²) in [6, 6.07) is 17.8. The smallest absolute Gasteiger partial charge is 0.318 e. The highest BCUT2D eigenvalue weighted by molar-refractivity contribution is 5.33. The van der Waals surface area contributed by atoms with Gasteiger partial charge in [-0.2, -0.15) is 0 Å². The van der Waals surface area contributed by atoms with E-state index in [1.54, 1.807) is 12.1 Å². The summed E-state index contributed by atoms with van der Waals surface area (Å²) in [6.07, 6.45) is 0.936. The van der Waals surface area contributed by atoms with Crippen LogP contribution in [0.4, 0.5) is 0 Å². The molecular formula is C18H22O3. The number of hydrogen-bond donors (Lipinski definition) is 2. The maximum Gasteiger partial charge on any atom is 0.318 e. The molecule has 2 N–H and O–H groups in total. The third-order valence-electron chi connectivity index (χ3n) is 3.44. The average Bonchev–Trinajstić information content (AvgIpc) is 2.38. The molecule has 0 saturated heterocycles. The molecule has 0 bridgehead atoms. The molecule has 3 heteroatoms. The minimum atomic E-state index is -2.15. The van der Waals surface area contributed by atoms with E-state index in [1.807, 2.05) is 30.3 Å². The molecule has 0 fully saturated rings. The Balaban J connectivity index is 2.13. The van der Waals surface area contributed by atoms with Gasteiger partial charge in [-0.05, 0) is 35.1 Å². The molecule has 0 aliphatic rings. The Labute approximate surface area is 125 Å². The molecule has 0 spiro atoms. The van der Waals surface area contributed by atoms with Gasteiger partial charge in [0, 0.05) is 6.92 Å². The van der Waals surface area contributed by atoms with Crippen LogP contribution in [0.5, 0.6) is 5.75 Å². The molecule has 2 aromatic rings. The van der Waals surface area contributed by atoms with Gasteiger partial charge in [0.2, 0.25) is 0 Å². The summed E-state index contributed by atoms with van der Waals surface area (Å²) in [5.41, 5.74) is 2.46. The highest BCUT2D eigenvalue weighted by atomic mass is 16.8. The summed E-state index contributed by atoms with van der Waals surface area (Å²) in [4.78, 5) is 0. The van der Waals surface area contributed by atoms with Crippen molar-refractivity contribution in [1.29, 1.82) is 0 Å². The first-order chi connectivity index (χ1) is 9.76. The van der Waals surface area contributed by atoms with Crippen molar-refractivity contribution in [3.63, 3.8) is 0 Å². The summed E-state index contributed by atoms with van der Waals surface area (Å²) >= 11 is 0. The molecule has 0 aliphatic heterocycles. The molecule has 0 unspecified atom stereocenters. The lowest BCUT2D eigenvalue weighted by atomic mass is 9.79. The van der Waals surface area contributed by atoms with Crippen molar-refractivity contribution in [1.82, 2.24) is 0 Å². The standard InChI is InChI=1S/C18H22O3/c1-17(2,13-14-7-5-4-6-8-14)15-9-11-16(12-10-15)21-18(3,19)20/h4-12,19-20H,13H2,1-3H3. The third-order valence-corrected chi connectivity index (χ3v) is 3.44.